The van der Waals surface area contributed by atoms with Crippen LogP contribution in [0, 0.1) is 0 Å². The molecule has 0 aliphatic rings. The van der Waals surface area contributed by atoms with E-state index in [0.29, 0.717) is 6.16 Å². The fourth-order valence-electron chi connectivity index (χ4n) is 2.26. The fraction of sp³-hybridized carbons (Fsp3) is 0.0588. The second-order valence-electron chi connectivity index (χ2n) is 4.52. The van der Waals surface area contributed by atoms with Crippen LogP contribution in [0.3, 0.4) is 0 Å². The molecule has 0 heterocycles. The molecule has 2 heteroatoms. The summed E-state index contributed by atoms with van der Waals surface area (Å²) < 4.78 is 12.6. The summed E-state index contributed by atoms with van der Waals surface area (Å²) in [5.41, 5.74) is 1.12. The summed E-state index contributed by atoms with van der Waals surface area (Å²) in [4.78, 5) is 0. The van der Waals surface area contributed by atoms with E-state index in [1.54, 1.807) is 0 Å². The Balaban J connectivity index is 1.98. The molecule has 1 nitrogen and oxygen atoms in total. The van der Waals surface area contributed by atoms with Crippen LogP contribution < -0.4 is 5.30 Å². The molecular weight excluding hydrogens is 251 g/mol. The first-order valence-electron chi connectivity index (χ1n) is 6.31. The van der Waals surface area contributed by atoms with Crippen LogP contribution in [0.15, 0.2) is 72.8 Å². The van der Waals surface area contributed by atoms with Crippen LogP contribution in [0.2, 0.25) is 0 Å². The van der Waals surface area contributed by atoms with Crippen LogP contribution in [0.5, 0.6) is 0 Å². The van der Waals surface area contributed by atoms with Crippen LogP contribution in [0.4, 0.5) is 0 Å². The first-order valence-corrected chi connectivity index (χ1v) is 7.75. The lowest BCUT2D eigenvalue weighted by Gasteiger charge is -1.98. The quantitative estimate of drug-likeness (QED) is 0.637. The largest absolute Gasteiger partial charge is 0.382 e. The van der Waals surface area contributed by atoms with Crippen molar-refractivity contribution in [3.05, 3.63) is 78.4 Å². The van der Waals surface area contributed by atoms with Gasteiger partial charge in [-0.05, 0) is 17.5 Å². The predicted molar refractivity (Wildman–Crippen MR) is 81.3 cm³/mol. The van der Waals surface area contributed by atoms with E-state index >= 15 is 0 Å². The molecule has 0 fully saturated rings. The number of benzene rings is 3. The SMILES string of the molecule is O=[P+](Cc1ccccc1)c1cccc2ccccc12. The number of rotatable bonds is 3. The number of hydrogen-bond acceptors (Lipinski definition) is 1. The van der Waals surface area contributed by atoms with Gasteiger partial charge in [-0.1, -0.05) is 65.2 Å². The van der Waals surface area contributed by atoms with Gasteiger partial charge in [0.1, 0.15) is 0 Å². The Kier molecular flexibility index (Phi) is 3.39. The summed E-state index contributed by atoms with van der Waals surface area (Å²) in [7, 11) is -1.40. The zero-order chi connectivity index (χ0) is 13.1. The van der Waals surface area contributed by atoms with E-state index < -0.39 is 7.80 Å². The van der Waals surface area contributed by atoms with Gasteiger partial charge < -0.3 is 0 Å². The minimum Gasteiger partial charge on any atom is -0.0677 e. The van der Waals surface area contributed by atoms with Gasteiger partial charge in [0.2, 0.25) is 0 Å². The predicted octanol–water partition coefficient (Wildman–Crippen LogP) is 4.49. The van der Waals surface area contributed by atoms with Crippen LogP contribution in [-0.4, -0.2) is 0 Å². The second kappa shape index (κ2) is 5.34. The standard InChI is InChI=1S/C17H14OP/c18-19(13-14-7-2-1-3-8-14)17-12-6-10-15-9-4-5-11-16(15)17/h1-12H,13H2/q+1. The monoisotopic (exact) mass is 265 g/mol. The molecule has 0 aromatic heterocycles. The zero-order valence-corrected chi connectivity index (χ0v) is 11.4. The van der Waals surface area contributed by atoms with E-state index in [4.69, 9.17) is 0 Å². The molecule has 1 unspecified atom stereocenters. The molecule has 1 atom stereocenters. The first kappa shape index (κ1) is 12.1. The Hall–Kier alpha value is -1.98. The Morgan fingerprint density at radius 3 is 2.26 bits per heavy atom. The highest BCUT2D eigenvalue weighted by Gasteiger charge is 2.22. The highest BCUT2D eigenvalue weighted by molar-refractivity contribution is 7.53. The van der Waals surface area contributed by atoms with Crippen molar-refractivity contribution in [3.63, 3.8) is 0 Å². The lowest BCUT2D eigenvalue weighted by Crippen LogP contribution is -1.99. The van der Waals surface area contributed by atoms with Gasteiger partial charge in [0.25, 0.3) is 0 Å². The lowest BCUT2D eigenvalue weighted by molar-refractivity contribution is 0.593. The van der Waals surface area contributed by atoms with Gasteiger partial charge in [-0.25, -0.2) is 0 Å². The Labute approximate surface area is 113 Å². The molecule has 3 aromatic rings. The molecule has 19 heavy (non-hydrogen) atoms. The Morgan fingerprint density at radius 2 is 1.42 bits per heavy atom. The summed E-state index contributed by atoms with van der Waals surface area (Å²) in [6.45, 7) is 0. The third kappa shape index (κ3) is 2.57. The van der Waals surface area contributed by atoms with Gasteiger partial charge in [0.05, 0.1) is 0 Å². The van der Waals surface area contributed by atoms with E-state index in [2.05, 4.69) is 12.1 Å². The molecule has 0 amide bonds. The van der Waals surface area contributed by atoms with Gasteiger partial charge in [0, 0.05) is 10.9 Å². The molecular formula is C17H14OP+. The van der Waals surface area contributed by atoms with E-state index in [9.17, 15) is 4.57 Å². The number of hydrogen-bond donors (Lipinski definition) is 0. The van der Waals surface area contributed by atoms with Gasteiger partial charge in [0.15, 0.2) is 11.5 Å². The molecule has 0 saturated heterocycles. The molecule has 0 aliphatic heterocycles. The summed E-state index contributed by atoms with van der Waals surface area (Å²) in [6, 6.07) is 24.1. The van der Waals surface area contributed by atoms with Gasteiger partial charge in [-0.3, -0.25) is 0 Å². The molecule has 0 radical (unpaired) electrons. The third-order valence-corrected chi connectivity index (χ3v) is 4.78. The van der Waals surface area contributed by atoms with E-state index in [1.165, 1.54) is 0 Å². The van der Waals surface area contributed by atoms with Crippen molar-refractivity contribution in [1.29, 1.82) is 0 Å². The zero-order valence-electron chi connectivity index (χ0n) is 10.5. The Bertz CT molecular complexity index is 714. The maximum absolute atomic E-state index is 12.6. The second-order valence-corrected chi connectivity index (χ2v) is 6.08. The number of fused-ring (bicyclic) bond motifs is 1. The van der Waals surface area contributed by atoms with Crippen molar-refractivity contribution >= 4 is 23.9 Å². The average Bonchev–Trinajstić information content (AvgIpc) is 2.47. The summed E-state index contributed by atoms with van der Waals surface area (Å²) >= 11 is 0. The molecule has 0 N–H and O–H groups in total. The molecule has 3 aromatic carbocycles. The molecule has 0 spiro atoms. The van der Waals surface area contributed by atoms with E-state index in [0.717, 1.165) is 21.6 Å². The maximum Gasteiger partial charge on any atom is 0.382 e. The Morgan fingerprint density at radius 1 is 0.737 bits per heavy atom. The average molecular weight is 265 g/mol. The van der Waals surface area contributed by atoms with Gasteiger partial charge in [-0.15, -0.1) is 0 Å². The topological polar surface area (TPSA) is 17.1 Å². The highest BCUT2D eigenvalue weighted by atomic mass is 31.1. The van der Waals surface area contributed by atoms with Gasteiger partial charge in [-0.2, -0.15) is 0 Å². The molecule has 0 bridgehead atoms. The van der Waals surface area contributed by atoms with Crippen LogP contribution in [-0.2, 0) is 10.7 Å². The minimum atomic E-state index is -1.40. The minimum absolute atomic E-state index is 0.601. The van der Waals surface area contributed by atoms with Gasteiger partial charge >= 0.3 is 7.80 Å². The molecule has 0 saturated carbocycles. The third-order valence-electron chi connectivity index (χ3n) is 3.20. The summed E-state index contributed by atoms with van der Waals surface area (Å²) in [5.74, 6) is 0. The van der Waals surface area contributed by atoms with Crippen molar-refractivity contribution in [2.75, 3.05) is 0 Å². The smallest absolute Gasteiger partial charge is 0.0677 e. The van der Waals surface area contributed by atoms with Crippen LogP contribution >= 0.6 is 7.80 Å². The fourth-order valence-corrected chi connectivity index (χ4v) is 3.70. The van der Waals surface area contributed by atoms with Crippen molar-refractivity contribution < 1.29 is 4.57 Å². The van der Waals surface area contributed by atoms with Crippen molar-refractivity contribution in [2.24, 2.45) is 0 Å². The first-order chi connectivity index (χ1) is 9.34. The van der Waals surface area contributed by atoms with Crippen LogP contribution in [0.1, 0.15) is 5.56 Å². The van der Waals surface area contributed by atoms with Crippen molar-refractivity contribution in [1.82, 2.24) is 0 Å². The van der Waals surface area contributed by atoms with Crippen molar-refractivity contribution in [2.45, 2.75) is 6.16 Å². The molecule has 3 rings (SSSR count). The van der Waals surface area contributed by atoms with Crippen LogP contribution in [0.25, 0.3) is 10.8 Å². The van der Waals surface area contributed by atoms with E-state index in [-0.39, 0.29) is 0 Å². The molecule has 92 valence electrons. The highest BCUT2D eigenvalue weighted by Crippen LogP contribution is 2.29. The normalized spacial score (nSPS) is 11.5. The lowest BCUT2D eigenvalue weighted by atomic mass is 10.1. The molecule has 0 aliphatic carbocycles. The van der Waals surface area contributed by atoms with E-state index in [1.807, 2.05) is 60.7 Å². The maximum atomic E-state index is 12.6. The summed E-state index contributed by atoms with van der Waals surface area (Å²) in [6.07, 6.45) is 0.601. The summed E-state index contributed by atoms with van der Waals surface area (Å²) in [5, 5.41) is 3.20. The van der Waals surface area contributed by atoms with Crippen molar-refractivity contribution in [3.8, 4) is 0 Å².